The van der Waals surface area contributed by atoms with E-state index in [1.807, 2.05) is 24.3 Å². The first-order chi connectivity index (χ1) is 14.3. The lowest BCUT2D eigenvalue weighted by Crippen LogP contribution is -2.17. The van der Waals surface area contributed by atoms with Crippen LogP contribution in [0.3, 0.4) is 0 Å². The molecule has 1 aliphatic carbocycles. The number of hydrogen-bond donors (Lipinski definition) is 1. The van der Waals surface area contributed by atoms with Crippen LogP contribution < -0.4 is 5.73 Å². The fraction of sp³-hybridized carbons (Fsp3) is 0.154. The lowest BCUT2D eigenvalue weighted by molar-refractivity contribution is 0.573. The second-order valence-corrected chi connectivity index (χ2v) is 7.56. The first kappa shape index (κ1) is 17.8. The van der Waals surface area contributed by atoms with E-state index in [1.165, 1.54) is 45.5 Å². The quantitative estimate of drug-likeness (QED) is 0.339. The normalized spacial score (nSPS) is 15.7. The van der Waals surface area contributed by atoms with Crippen molar-refractivity contribution in [3.8, 4) is 0 Å². The van der Waals surface area contributed by atoms with Gasteiger partial charge < -0.3 is 5.73 Å². The van der Waals surface area contributed by atoms with E-state index in [2.05, 4.69) is 58.5 Å². The van der Waals surface area contributed by atoms with Crippen LogP contribution in [0.1, 0.15) is 30.0 Å². The van der Waals surface area contributed by atoms with Crippen molar-refractivity contribution < 1.29 is 0 Å². The molecular formula is C26H23N3. The molecule has 2 N–H and O–H groups in total. The summed E-state index contributed by atoms with van der Waals surface area (Å²) in [5.41, 5.74) is 11.0. The van der Waals surface area contributed by atoms with Crippen molar-refractivity contribution in [2.75, 3.05) is 0 Å². The molecule has 0 saturated carbocycles. The van der Waals surface area contributed by atoms with Gasteiger partial charge in [-0.15, -0.1) is 0 Å². The molecule has 6 rings (SSSR count). The molecule has 0 saturated heterocycles. The Kier molecular flexibility index (Phi) is 4.66. The smallest absolute Gasteiger partial charge is 0.0886 e. The molecule has 0 aliphatic heterocycles. The number of nitrogens with zero attached hydrogens (tertiary/aromatic N) is 2. The molecule has 0 bridgehead atoms. The molecule has 0 amide bonds. The third kappa shape index (κ3) is 3.34. The third-order valence-corrected chi connectivity index (χ3v) is 5.79. The summed E-state index contributed by atoms with van der Waals surface area (Å²) < 4.78 is 0. The monoisotopic (exact) mass is 377 g/mol. The highest BCUT2D eigenvalue weighted by atomic mass is 14.7. The van der Waals surface area contributed by atoms with Gasteiger partial charge in [-0.25, -0.2) is 0 Å². The van der Waals surface area contributed by atoms with Crippen molar-refractivity contribution in [1.29, 1.82) is 0 Å². The van der Waals surface area contributed by atoms with Gasteiger partial charge in [0.25, 0.3) is 0 Å². The molecular weight excluding hydrogens is 354 g/mol. The average Bonchev–Trinajstić information content (AvgIpc) is 2.79. The predicted octanol–water partition coefficient (Wildman–Crippen LogP) is 5.96. The van der Waals surface area contributed by atoms with E-state index >= 15 is 0 Å². The summed E-state index contributed by atoms with van der Waals surface area (Å²) in [7, 11) is 0. The summed E-state index contributed by atoms with van der Waals surface area (Å²) in [6.07, 6.45) is 7.03. The van der Waals surface area contributed by atoms with E-state index in [4.69, 9.17) is 5.73 Å². The Labute approximate surface area is 170 Å². The van der Waals surface area contributed by atoms with Crippen molar-refractivity contribution in [3.63, 3.8) is 0 Å². The lowest BCUT2D eigenvalue weighted by atomic mass is 9.84. The molecule has 29 heavy (non-hydrogen) atoms. The predicted molar refractivity (Wildman–Crippen MR) is 121 cm³/mol. The van der Waals surface area contributed by atoms with Gasteiger partial charge in [0.05, 0.1) is 11.0 Å². The van der Waals surface area contributed by atoms with Crippen molar-refractivity contribution in [3.05, 3.63) is 96.3 Å². The van der Waals surface area contributed by atoms with Crippen LogP contribution in [0.25, 0.3) is 32.6 Å². The molecule has 142 valence electrons. The Bertz CT molecular complexity index is 1240. The van der Waals surface area contributed by atoms with Crippen molar-refractivity contribution in [2.45, 2.75) is 25.3 Å². The Morgan fingerprint density at radius 3 is 2.21 bits per heavy atom. The van der Waals surface area contributed by atoms with Gasteiger partial charge in [0.15, 0.2) is 0 Å². The van der Waals surface area contributed by atoms with Gasteiger partial charge in [0, 0.05) is 18.4 Å². The van der Waals surface area contributed by atoms with Gasteiger partial charge in [-0.3, -0.25) is 9.97 Å². The minimum absolute atomic E-state index is 0.222. The Balaban J connectivity index is 0.000000153. The molecule has 2 heterocycles. The standard InChI is InChI=1S/C18H17N.C8H6N2/c19-18-7-3-6-14-16-9-8-12-4-1-2-5-13(12)15(16)10-11-17(14)18;1-3-7-8(9-5-1)4-2-6-10-7/h1-2,4-5,8-11,18H,3,6-7,19H2;1-6H. The number of hydrogen-bond acceptors (Lipinski definition) is 3. The van der Waals surface area contributed by atoms with Gasteiger partial charge in [-0.1, -0.05) is 48.5 Å². The summed E-state index contributed by atoms with van der Waals surface area (Å²) in [6.45, 7) is 0. The molecule has 0 fully saturated rings. The largest absolute Gasteiger partial charge is 0.324 e. The molecule has 2 aromatic heterocycles. The average molecular weight is 377 g/mol. The molecule has 0 spiro atoms. The fourth-order valence-electron chi connectivity index (χ4n) is 4.35. The zero-order valence-corrected chi connectivity index (χ0v) is 16.3. The van der Waals surface area contributed by atoms with Crippen LogP contribution in [-0.4, -0.2) is 9.97 Å². The molecule has 3 heteroatoms. The van der Waals surface area contributed by atoms with E-state index in [-0.39, 0.29) is 6.04 Å². The lowest BCUT2D eigenvalue weighted by Gasteiger charge is -2.24. The van der Waals surface area contributed by atoms with Gasteiger partial charge in [-0.2, -0.15) is 0 Å². The van der Waals surface area contributed by atoms with Crippen LogP contribution in [0, 0.1) is 0 Å². The van der Waals surface area contributed by atoms with E-state index in [0.29, 0.717) is 0 Å². The number of aromatic nitrogens is 2. The Morgan fingerprint density at radius 1 is 0.690 bits per heavy atom. The number of benzene rings is 3. The summed E-state index contributed by atoms with van der Waals surface area (Å²) >= 11 is 0. The molecule has 5 aromatic rings. The van der Waals surface area contributed by atoms with Gasteiger partial charge in [0.2, 0.25) is 0 Å². The topological polar surface area (TPSA) is 51.8 Å². The van der Waals surface area contributed by atoms with Crippen molar-refractivity contribution in [1.82, 2.24) is 9.97 Å². The molecule has 3 aromatic carbocycles. The summed E-state index contributed by atoms with van der Waals surface area (Å²) in [5, 5.41) is 5.43. The maximum Gasteiger partial charge on any atom is 0.0886 e. The third-order valence-electron chi connectivity index (χ3n) is 5.79. The molecule has 1 atom stereocenters. The fourth-order valence-corrected chi connectivity index (χ4v) is 4.35. The number of pyridine rings is 2. The molecule has 1 unspecified atom stereocenters. The maximum absolute atomic E-state index is 6.25. The summed E-state index contributed by atoms with van der Waals surface area (Å²) in [5.74, 6) is 0. The van der Waals surface area contributed by atoms with E-state index in [1.54, 1.807) is 12.4 Å². The molecule has 0 radical (unpaired) electrons. The summed E-state index contributed by atoms with van der Waals surface area (Å²) in [6, 6.07) is 25.5. The minimum Gasteiger partial charge on any atom is -0.324 e. The van der Waals surface area contributed by atoms with Crippen LogP contribution in [0.4, 0.5) is 0 Å². The highest BCUT2D eigenvalue weighted by Crippen LogP contribution is 2.36. The van der Waals surface area contributed by atoms with E-state index < -0.39 is 0 Å². The SMILES string of the molecule is NC1CCCc2c1ccc1c2ccc2ccccc21.c1cnc2cccnc2c1. The van der Waals surface area contributed by atoms with E-state index in [0.717, 1.165) is 17.5 Å². The Morgan fingerprint density at radius 2 is 1.41 bits per heavy atom. The van der Waals surface area contributed by atoms with Crippen LogP contribution in [0.15, 0.2) is 85.2 Å². The number of nitrogens with two attached hydrogens (primary N) is 1. The van der Waals surface area contributed by atoms with Gasteiger partial charge in [-0.05, 0) is 76.2 Å². The second kappa shape index (κ2) is 7.61. The maximum atomic E-state index is 6.25. The highest BCUT2D eigenvalue weighted by Gasteiger charge is 2.19. The van der Waals surface area contributed by atoms with E-state index in [9.17, 15) is 0 Å². The Hall–Kier alpha value is -3.30. The van der Waals surface area contributed by atoms with Gasteiger partial charge >= 0.3 is 0 Å². The second-order valence-electron chi connectivity index (χ2n) is 7.56. The van der Waals surface area contributed by atoms with Crippen LogP contribution in [0.2, 0.25) is 0 Å². The number of rotatable bonds is 0. The minimum atomic E-state index is 0.222. The number of fused-ring (bicyclic) bond motifs is 6. The van der Waals surface area contributed by atoms with Gasteiger partial charge in [0.1, 0.15) is 0 Å². The number of aryl methyl sites for hydroxylation is 1. The van der Waals surface area contributed by atoms with Crippen molar-refractivity contribution >= 4 is 32.6 Å². The first-order valence-electron chi connectivity index (χ1n) is 10.2. The molecule has 1 aliphatic rings. The van der Waals surface area contributed by atoms with Crippen molar-refractivity contribution in [2.24, 2.45) is 5.73 Å². The van der Waals surface area contributed by atoms with Crippen LogP contribution in [-0.2, 0) is 6.42 Å². The zero-order valence-electron chi connectivity index (χ0n) is 16.3. The zero-order chi connectivity index (χ0) is 19.6. The molecule has 3 nitrogen and oxygen atoms in total. The van der Waals surface area contributed by atoms with Crippen LogP contribution in [0.5, 0.6) is 0 Å². The first-order valence-corrected chi connectivity index (χ1v) is 10.2. The van der Waals surface area contributed by atoms with Crippen LogP contribution >= 0.6 is 0 Å². The highest BCUT2D eigenvalue weighted by molar-refractivity contribution is 6.08. The summed E-state index contributed by atoms with van der Waals surface area (Å²) in [4.78, 5) is 8.24.